The van der Waals surface area contributed by atoms with Gasteiger partial charge in [-0.3, -0.25) is 0 Å². The summed E-state index contributed by atoms with van der Waals surface area (Å²) in [5.74, 6) is 1.09. The molecule has 1 aliphatic carbocycles. The molecule has 1 aliphatic rings. The molecule has 6 nitrogen and oxygen atoms in total. The lowest BCUT2D eigenvalue weighted by Gasteiger charge is -2.26. The van der Waals surface area contributed by atoms with Crippen molar-refractivity contribution in [2.75, 3.05) is 12.4 Å². The van der Waals surface area contributed by atoms with Gasteiger partial charge < -0.3 is 9.84 Å². The van der Waals surface area contributed by atoms with Crippen molar-refractivity contribution in [3.05, 3.63) is 52.8 Å². The highest BCUT2D eigenvalue weighted by Gasteiger charge is 2.21. The minimum Gasteiger partial charge on any atom is -0.390 e. The Hall–Kier alpha value is -1.96. The van der Waals surface area contributed by atoms with Crippen molar-refractivity contribution in [3.8, 4) is 0 Å². The Labute approximate surface area is 163 Å². The lowest BCUT2D eigenvalue weighted by Crippen LogP contribution is -2.22. The molecule has 0 spiro atoms. The van der Waals surface area contributed by atoms with Crippen LogP contribution in [0.15, 0.2) is 35.5 Å². The Morgan fingerprint density at radius 2 is 2.15 bits per heavy atom. The van der Waals surface area contributed by atoms with E-state index in [1.54, 1.807) is 4.52 Å². The SMILES string of the molecule is Cc1cc(C)n2nc(SC[C@@H](O)CO[C@H]3CCCc4ccccc43)nc2n1. The first-order valence-corrected chi connectivity index (χ1v) is 10.3. The van der Waals surface area contributed by atoms with E-state index in [2.05, 4.69) is 39.3 Å². The Bertz CT molecular complexity index is 943. The van der Waals surface area contributed by atoms with Gasteiger partial charge in [-0.25, -0.2) is 9.50 Å². The molecule has 3 aromatic rings. The average molecular weight is 385 g/mol. The molecule has 1 N–H and O–H groups in total. The van der Waals surface area contributed by atoms with Crippen LogP contribution in [0.3, 0.4) is 0 Å². The van der Waals surface area contributed by atoms with Gasteiger partial charge in [0.1, 0.15) is 0 Å². The van der Waals surface area contributed by atoms with E-state index in [4.69, 9.17) is 4.74 Å². The standard InChI is InChI=1S/C20H24N4O2S/c1-13-10-14(2)24-19(21-13)22-20(23-24)27-12-16(25)11-26-18-9-5-7-15-6-3-4-8-17(15)18/h3-4,6,8,10,16,18,25H,5,7,9,11-12H2,1-2H3/t16-,18-/m0/s1. The largest absolute Gasteiger partial charge is 0.390 e. The maximum Gasteiger partial charge on any atom is 0.253 e. The monoisotopic (exact) mass is 384 g/mol. The maximum absolute atomic E-state index is 10.3. The molecule has 4 rings (SSSR count). The second-order valence-electron chi connectivity index (χ2n) is 7.02. The highest BCUT2D eigenvalue weighted by atomic mass is 32.2. The summed E-state index contributed by atoms with van der Waals surface area (Å²) in [6.45, 7) is 4.24. The van der Waals surface area contributed by atoms with Crippen molar-refractivity contribution >= 4 is 17.5 Å². The van der Waals surface area contributed by atoms with Crippen LogP contribution < -0.4 is 0 Å². The van der Waals surface area contributed by atoms with Crippen LogP contribution in [0.2, 0.25) is 0 Å². The van der Waals surface area contributed by atoms with Crippen LogP contribution in [0.5, 0.6) is 0 Å². The number of aliphatic hydroxyl groups excluding tert-OH is 1. The van der Waals surface area contributed by atoms with E-state index >= 15 is 0 Å². The normalized spacial score (nSPS) is 17.8. The minimum absolute atomic E-state index is 0.0812. The highest BCUT2D eigenvalue weighted by Crippen LogP contribution is 2.32. The average Bonchev–Trinajstić information content (AvgIpc) is 3.08. The zero-order chi connectivity index (χ0) is 18.8. The number of fused-ring (bicyclic) bond motifs is 2. The van der Waals surface area contributed by atoms with Gasteiger partial charge >= 0.3 is 0 Å². The zero-order valence-electron chi connectivity index (χ0n) is 15.6. The van der Waals surface area contributed by atoms with Crippen molar-refractivity contribution < 1.29 is 9.84 Å². The van der Waals surface area contributed by atoms with Gasteiger partial charge in [0, 0.05) is 17.1 Å². The molecule has 27 heavy (non-hydrogen) atoms. The first-order valence-electron chi connectivity index (χ1n) is 9.31. The molecule has 0 unspecified atom stereocenters. The van der Waals surface area contributed by atoms with E-state index in [0.29, 0.717) is 23.3 Å². The summed E-state index contributed by atoms with van der Waals surface area (Å²) in [5.41, 5.74) is 4.55. The van der Waals surface area contributed by atoms with Crippen molar-refractivity contribution in [3.63, 3.8) is 0 Å². The summed E-state index contributed by atoms with van der Waals surface area (Å²) in [6, 6.07) is 10.4. The van der Waals surface area contributed by atoms with Gasteiger partial charge in [-0.05, 0) is 50.3 Å². The molecule has 0 fully saturated rings. The lowest BCUT2D eigenvalue weighted by molar-refractivity contribution is -0.00960. The molecule has 142 valence electrons. The molecule has 0 bridgehead atoms. The second kappa shape index (κ2) is 7.96. The molecular formula is C20H24N4O2S. The van der Waals surface area contributed by atoms with Gasteiger partial charge in [0.2, 0.25) is 5.16 Å². The number of rotatable bonds is 6. The predicted octanol–water partition coefficient (Wildman–Crippen LogP) is 3.29. The van der Waals surface area contributed by atoms with Crippen molar-refractivity contribution in [1.29, 1.82) is 0 Å². The smallest absolute Gasteiger partial charge is 0.253 e. The Morgan fingerprint density at radius 1 is 1.30 bits per heavy atom. The fourth-order valence-corrected chi connectivity index (χ4v) is 4.26. The number of thioether (sulfide) groups is 1. The van der Waals surface area contributed by atoms with Gasteiger partial charge in [-0.2, -0.15) is 4.98 Å². The third kappa shape index (κ3) is 4.15. The quantitative estimate of drug-likeness (QED) is 0.658. The van der Waals surface area contributed by atoms with Gasteiger partial charge in [-0.1, -0.05) is 36.0 Å². The van der Waals surface area contributed by atoms with E-state index in [9.17, 15) is 5.11 Å². The Morgan fingerprint density at radius 3 is 3.04 bits per heavy atom. The number of nitrogens with zero attached hydrogens (tertiary/aromatic N) is 4. The summed E-state index contributed by atoms with van der Waals surface area (Å²) in [7, 11) is 0. The van der Waals surface area contributed by atoms with Gasteiger partial charge in [0.25, 0.3) is 5.78 Å². The second-order valence-corrected chi connectivity index (χ2v) is 8.01. The molecule has 0 saturated carbocycles. The van der Waals surface area contributed by atoms with Gasteiger partial charge in [0.15, 0.2) is 0 Å². The topological polar surface area (TPSA) is 72.5 Å². The van der Waals surface area contributed by atoms with Gasteiger partial charge in [-0.15, -0.1) is 5.10 Å². The summed E-state index contributed by atoms with van der Waals surface area (Å²) >= 11 is 1.43. The number of ether oxygens (including phenoxy) is 1. The van der Waals surface area contributed by atoms with E-state index in [-0.39, 0.29) is 6.10 Å². The van der Waals surface area contributed by atoms with Crippen molar-refractivity contribution in [1.82, 2.24) is 19.6 Å². The van der Waals surface area contributed by atoms with E-state index in [1.165, 1.54) is 22.9 Å². The number of hydrogen-bond acceptors (Lipinski definition) is 6. The van der Waals surface area contributed by atoms with E-state index in [0.717, 1.165) is 30.7 Å². The molecule has 0 aliphatic heterocycles. The third-order valence-electron chi connectivity index (χ3n) is 4.81. The van der Waals surface area contributed by atoms with E-state index < -0.39 is 6.10 Å². The van der Waals surface area contributed by atoms with Crippen LogP contribution in [0.4, 0.5) is 0 Å². The maximum atomic E-state index is 10.3. The fourth-order valence-electron chi connectivity index (χ4n) is 3.54. The summed E-state index contributed by atoms with van der Waals surface area (Å²) < 4.78 is 7.77. The number of hydrogen-bond donors (Lipinski definition) is 1. The molecule has 1 aromatic carbocycles. The number of aryl methyl sites for hydroxylation is 3. The van der Waals surface area contributed by atoms with Crippen LogP contribution in [0.1, 0.15) is 41.5 Å². The molecular weight excluding hydrogens is 360 g/mol. The summed E-state index contributed by atoms with van der Waals surface area (Å²) in [5, 5.41) is 15.4. The zero-order valence-corrected chi connectivity index (χ0v) is 16.4. The predicted molar refractivity (Wildman–Crippen MR) is 105 cm³/mol. The first-order chi connectivity index (χ1) is 13.1. The third-order valence-corrected chi connectivity index (χ3v) is 5.79. The fraction of sp³-hybridized carbons (Fsp3) is 0.450. The van der Waals surface area contributed by atoms with Crippen LogP contribution >= 0.6 is 11.8 Å². The number of benzene rings is 1. The molecule has 7 heteroatoms. The van der Waals surface area contributed by atoms with Gasteiger partial charge in [0.05, 0.1) is 18.8 Å². The first kappa shape index (κ1) is 18.4. The van der Waals surface area contributed by atoms with E-state index in [1.807, 2.05) is 19.9 Å². The minimum atomic E-state index is -0.563. The Kier molecular flexibility index (Phi) is 5.43. The molecule has 2 aromatic heterocycles. The van der Waals surface area contributed by atoms with Crippen molar-refractivity contribution in [2.45, 2.75) is 50.5 Å². The molecule has 2 atom stereocenters. The molecule has 0 saturated heterocycles. The Balaban J connectivity index is 1.33. The molecule has 2 heterocycles. The lowest BCUT2D eigenvalue weighted by atomic mass is 9.89. The number of aliphatic hydroxyl groups is 1. The van der Waals surface area contributed by atoms with Crippen molar-refractivity contribution in [2.24, 2.45) is 0 Å². The van der Waals surface area contributed by atoms with Crippen LogP contribution in [0.25, 0.3) is 5.78 Å². The molecule has 0 amide bonds. The summed E-state index contributed by atoms with van der Waals surface area (Å²) in [6.07, 6.45) is 2.77. The number of aromatic nitrogens is 4. The van der Waals surface area contributed by atoms with Crippen LogP contribution in [0, 0.1) is 13.8 Å². The highest BCUT2D eigenvalue weighted by molar-refractivity contribution is 7.99. The van der Waals surface area contributed by atoms with Crippen LogP contribution in [-0.2, 0) is 11.2 Å². The summed E-state index contributed by atoms with van der Waals surface area (Å²) in [4.78, 5) is 8.83. The van der Waals surface area contributed by atoms with Crippen LogP contribution in [-0.4, -0.2) is 43.2 Å². The molecule has 0 radical (unpaired) electrons.